The standard InChI is InChI=1S/C28H26N6OS/c1-19-14-22(35-18-20-6-3-2-4-7-20)10-11-24(19)25-15-21(8-5-9-23-16-32-28(29)36-23)33-27(34-25)26-17-30-12-13-31-26/h2-4,6-7,10-17H,5,8-9,18H2,1H3,(H2,29,32). The van der Waals surface area contributed by atoms with E-state index in [1.807, 2.05) is 30.5 Å². The Hall–Kier alpha value is -4.17. The van der Waals surface area contributed by atoms with E-state index in [-0.39, 0.29) is 0 Å². The summed E-state index contributed by atoms with van der Waals surface area (Å²) < 4.78 is 6.01. The molecule has 0 aliphatic heterocycles. The van der Waals surface area contributed by atoms with Crippen molar-refractivity contribution in [3.05, 3.63) is 101 Å². The molecule has 0 fully saturated rings. The Bertz CT molecular complexity index is 1440. The number of hydrogen-bond acceptors (Lipinski definition) is 8. The van der Waals surface area contributed by atoms with Crippen LogP contribution in [0.25, 0.3) is 22.8 Å². The summed E-state index contributed by atoms with van der Waals surface area (Å²) in [5.41, 5.74) is 11.5. The van der Waals surface area contributed by atoms with E-state index in [1.165, 1.54) is 16.2 Å². The van der Waals surface area contributed by atoms with Gasteiger partial charge in [-0.3, -0.25) is 4.98 Å². The first-order valence-corrected chi connectivity index (χ1v) is 12.6. The molecule has 8 heteroatoms. The van der Waals surface area contributed by atoms with E-state index >= 15 is 0 Å². The first-order chi connectivity index (χ1) is 17.6. The van der Waals surface area contributed by atoms with Crippen LogP contribution in [0.5, 0.6) is 5.75 Å². The van der Waals surface area contributed by atoms with Crippen molar-refractivity contribution in [2.75, 3.05) is 5.73 Å². The topological polar surface area (TPSA) is 99.7 Å². The highest BCUT2D eigenvalue weighted by Gasteiger charge is 2.13. The minimum Gasteiger partial charge on any atom is -0.489 e. The highest BCUT2D eigenvalue weighted by atomic mass is 32.1. The van der Waals surface area contributed by atoms with Crippen molar-refractivity contribution in [3.63, 3.8) is 0 Å². The molecular weight excluding hydrogens is 468 g/mol. The maximum absolute atomic E-state index is 6.01. The third-order valence-corrected chi connectivity index (χ3v) is 6.61. The number of rotatable bonds is 9. The van der Waals surface area contributed by atoms with Crippen LogP contribution in [-0.4, -0.2) is 24.9 Å². The first kappa shape index (κ1) is 23.6. The summed E-state index contributed by atoms with van der Waals surface area (Å²) in [5.74, 6) is 1.40. The van der Waals surface area contributed by atoms with E-state index in [0.29, 0.717) is 23.3 Å². The zero-order valence-corrected chi connectivity index (χ0v) is 20.8. The van der Waals surface area contributed by atoms with Gasteiger partial charge in [-0.25, -0.2) is 19.9 Å². The zero-order valence-electron chi connectivity index (χ0n) is 20.0. The van der Waals surface area contributed by atoms with Crippen molar-refractivity contribution in [1.82, 2.24) is 24.9 Å². The largest absolute Gasteiger partial charge is 0.489 e. The summed E-state index contributed by atoms with van der Waals surface area (Å²) in [6.45, 7) is 2.60. The van der Waals surface area contributed by atoms with Gasteiger partial charge in [0.25, 0.3) is 0 Å². The number of nitrogens with two attached hydrogens (primary N) is 1. The van der Waals surface area contributed by atoms with Gasteiger partial charge in [0.15, 0.2) is 11.0 Å². The molecule has 3 heterocycles. The van der Waals surface area contributed by atoms with Gasteiger partial charge in [0.05, 0.1) is 11.9 Å². The Balaban J connectivity index is 1.39. The smallest absolute Gasteiger partial charge is 0.180 e. The van der Waals surface area contributed by atoms with Crippen LogP contribution in [-0.2, 0) is 19.4 Å². The van der Waals surface area contributed by atoms with Crippen LogP contribution in [0.4, 0.5) is 5.13 Å². The lowest BCUT2D eigenvalue weighted by molar-refractivity contribution is 0.306. The fourth-order valence-electron chi connectivity index (χ4n) is 3.93. The number of aromatic nitrogens is 5. The van der Waals surface area contributed by atoms with E-state index in [2.05, 4.69) is 52.2 Å². The molecule has 0 saturated carbocycles. The highest BCUT2D eigenvalue weighted by molar-refractivity contribution is 7.15. The Morgan fingerprint density at radius 2 is 1.78 bits per heavy atom. The van der Waals surface area contributed by atoms with Gasteiger partial charge in [-0.15, -0.1) is 11.3 Å². The maximum Gasteiger partial charge on any atom is 0.180 e. The van der Waals surface area contributed by atoms with Crippen LogP contribution in [0, 0.1) is 6.92 Å². The van der Waals surface area contributed by atoms with Gasteiger partial charge in [-0.1, -0.05) is 30.3 Å². The number of benzene rings is 2. The van der Waals surface area contributed by atoms with Gasteiger partial charge in [0.1, 0.15) is 18.1 Å². The van der Waals surface area contributed by atoms with Gasteiger partial charge in [-0.2, -0.15) is 0 Å². The van der Waals surface area contributed by atoms with E-state index < -0.39 is 0 Å². The quantitative estimate of drug-likeness (QED) is 0.280. The molecule has 2 N–H and O–H groups in total. The highest BCUT2D eigenvalue weighted by Crippen LogP contribution is 2.28. The van der Waals surface area contributed by atoms with Gasteiger partial charge < -0.3 is 10.5 Å². The molecular formula is C28H26N6OS. The molecule has 0 aliphatic carbocycles. The fraction of sp³-hybridized carbons (Fsp3) is 0.179. The number of anilines is 1. The molecule has 0 radical (unpaired) electrons. The van der Waals surface area contributed by atoms with Gasteiger partial charge >= 0.3 is 0 Å². The summed E-state index contributed by atoms with van der Waals surface area (Å²) in [4.78, 5) is 23.6. The number of nitrogens with zero attached hydrogens (tertiary/aromatic N) is 5. The average molecular weight is 495 g/mol. The predicted molar refractivity (Wildman–Crippen MR) is 143 cm³/mol. The molecule has 0 saturated heterocycles. The van der Waals surface area contributed by atoms with Crippen molar-refractivity contribution >= 4 is 16.5 Å². The Morgan fingerprint density at radius 1 is 0.889 bits per heavy atom. The van der Waals surface area contributed by atoms with Crippen LogP contribution in [0.3, 0.4) is 0 Å². The van der Waals surface area contributed by atoms with Gasteiger partial charge in [-0.05, 0) is 61.6 Å². The van der Waals surface area contributed by atoms with Gasteiger partial charge in [0, 0.05) is 34.7 Å². The summed E-state index contributed by atoms with van der Waals surface area (Å²) >= 11 is 1.53. The second kappa shape index (κ2) is 11.0. The molecule has 5 rings (SSSR count). The zero-order chi connectivity index (χ0) is 24.7. The third kappa shape index (κ3) is 5.90. The number of hydrogen-bond donors (Lipinski definition) is 1. The predicted octanol–water partition coefficient (Wildman–Crippen LogP) is 5.70. The van der Waals surface area contributed by atoms with Crippen molar-refractivity contribution in [2.45, 2.75) is 32.8 Å². The molecule has 0 amide bonds. The molecule has 5 aromatic rings. The van der Waals surface area contributed by atoms with Crippen LogP contribution in [0.2, 0.25) is 0 Å². The molecule has 0 atom stereocenters. The summed E-state index contributed by atoms with van der Waals surface area (Å²) in [6.07, 6.45) is 9.48. The third-order valence-electron chi connectivity index (χ3n) is 5.72. The molecule has 0 spiro atoms. The first-order valence-electron chi connectivity index (χ1n) is 11.8. The lowest BCUT2D eigenvalue weighted by Gasteiger charge is -2.12. The Labute approximate surface area is 214 Å². The fourth-order valence-corrected chi connectivity index (χ4v) is 4.65. The number of thiazole rings is 1. The molecule has 36 heavy (non-hydrogen) atoms. The SMILES string of the molecule is Cc1cc(OCc2ccccc2)ccc1-c1cc(CCCc2cnc(N)s2)nc(-c2cnccn2)n1. The molecule has 0 bridgehead atoms. The van der Waals surface area contributed by atoms with E-state index in [1.54, 1.807) is 18.6 Å². The molecule has 180 valence electrons. The van der Waals surface area contributed by atoms with Crippen molar-refractivity contribution in [3.8, 4) is 28.5 Å². The van der Waals surface area contributed by atoms with Crippen LogP contribution < -0.4 is 10.5 Å². The second-order valence-corrected chi connectivity index (χ2v) is 9.57. The molecule has 2 aromatic carbocycles. The van der Waals surface area contributed by atoms with Crippen molar-refractivity contribution < 1.29 is 4.74 Å². The number of aryl methyl sites for hydroxylation is 3. The normalized spacial score (nSPS) is 10.9. The minimum absolute atomic E-state index is 0.527. The van der Waals surface area contributed by atoms with Crippen molar-refractivity contribution in [1.29, 1.82) is 0 Å². The number of ether oxygens (including phenoxy) is 1. The molecule has 0 unspecified atom stereocenters. The summed E-state index contributed by atoms with van der Waals surface area (Å²) in [6, 6.07) is 18.3. The van der Waals surface area contributed by atoms with Crippen LogP contribution in [0.1, 0.15) is 28.1 Å². The van der Waals surface area contributed by atoms with E-state index in [0.717, 1.165) is 53.1 Å². The van der Waals surface area contributed by atoms with Crippen LogP contribution in [0.15, 0.2) is 79.4 Å². The van der Waals surface area contributed by atoms with Gasteiger partial charge in [0.2, 0.25) is 0 Å². The van der Waals surface area contributed by atoms with E-state index in [4.69, 9.17) is 20.4 Å². The molecule has 7 nitrogen and oxygen atoms in total. The number of nitrogen functional groups attached to an aromatic ring is 1. The Kier molecular flexibility index (Phi) is 7.23. The maximum atomic E-state index is 6.01. The lowest BCUT2D eigenvalue weighted by atomic mass is 10.0. The van der Waals surface area contributed by atoms with Crippen molar-refractivity contribution in [2.24, 2.45) is 0 Å². The Morgan fingerprint density at radius 3 is 2.53 bits per heavy atom. The monoisotopic (exact) mass is 494 g/mol. The van der Waals surface area contributed by atoms with Crippen LogP contribution >= 0.6 is 11.3 Å². The minimum atomic E-state index is 0.527. The summed E-state index contributed by atoms with van der Waals surface area (Å²) in [7, 11) is 0. The molecule has 3 aromatic heterocycles. The second-order valence-electron chi connectivity index (χ2n) is 8.43. The van der Waals surface area contributed by atoms with E-state index in [9.17, 15) is 0 Å². The molecule has 0 aliphatic rings. The summed E-state index contributed by atoms with van der Waals surface area (Å²) in [5, 5.41) is 0.603. The average Bonchev–Trinajstić information content (AvgIpc) is 3.33. The lowest BCUT2D eigenvalue weighted by Crippen LogP contribution is -2.02.